The molecular weight excluding hydrogens is 218 g/mol. The summed E-state index contributed by atoms with van der Waals surface area (Å²) in [6.07, 6.45) is 5.39. The maximum Gasteiger partial charge on any atom is 0.244 e. The molecule has 1 amide bonds. The van der Waals surface area contributed by atoms with Crippen molar-refractivity contribution in [2.24, 2.45) is 0 Å². The summed E-state index contributed by atoms with van der Waals surface area (Å²) in [6.45, 7) is 5.08. The summed E-state index contributed by atoms with van der Waals surface area (Å²) in [5, 5.41) is 10.8. The van der Waals surface area contributed by atoms with E-state index in [0.29, 0.717) is 6.04 Å². The van der Waals surface area contributed by atoms with E-state index in [2.05, 4.69) is 15.6 Å². The second-order valence-corrected chi connectivity index (χ2v) is 4.26. The summed E-state index contributed by atoms with van der Waals surface area (Å²) in [6, 6.07) is 0.372. The third-order valence-electron chi connectivity index (χ3n) is 3.18. The number of nitrogens with one attached hydrogen (secondary N) is 1. The maximum atomic E-state index is 12.2. The predicted molar refractivity (Wildman–Crippen MR) is 63.3 cm³/mol. The third kappa shape index (κ3) is 3.03. The number of amides is 1. The van der Waals surface area contributed by atoms with Crippen LogP contribution in [0.25, 0.3) is 0 Å². The Balaban J connectivity index is 1.94. The van der Waals surface area contributed by atoms with Crippen molar-refractivity contribution in [3.05, 3.63) is 12.4 Å². The van der Waals surface area contributed by atoms with Gasteiger partial charge < -0.3 is 10.2 Å². The van der Waals surface area contributed by atoms with Crippen LogP contribution in [0.1, 0.15) is 19.8 Å². The largest absolute Gasteiger partial charge is 0.338 e. The van der Waals surface area contributed by atoms with Gasteiger partial charge in [0.2, 0.25) is 5.91 Å². The Kier molecular flexibility index (Phi) is 4.08. The number of carbonyl (C=O) groups excluding carboxylic acids is 1. The molecule has 1 aliphatic rings. The van der Waals surface area contributed by atoms with Crippen LogP contribution in [0.15, 0.2) is 12.4 Å². The number of hydrogen-bond acceptors (Lipinski definition) is 4. The minimum atomic E-state index is 0.130. The van der Waals surface area contributed by atoms with Gasteiger partial charge >= 0.3 is 0 Å². The quantitative estimate of drug-likeness (QED) is 0.793. The minimum Gasteiger partial charge on any atom is -0.338 e. The van der Waals surface area contributed by atoms with Gasteiger partial charge in [0.1, 0.15) is 6.54 Å². The Morgan fingerprint density at radius 2 is 2.29 bits per heavy atom. The van der Waals surface area contributed by atoms with Crippen LogP contribution in [0.4, 0.5) is 0 Å². The van der Waals surface area contributed by atoms with E-state index >= 15 is 0 Å². The van der Waals surface area contributed by atoms with E-state index in [1.165, 1.54) is 0 Å². The number of rotatable bonds is 4. The predicted octanol–water partition coefficient (Wildman–Crippen LogP) is -0.121. The van der Waals surface area contributed by atoms with Gasteiger partial charge in [0, 0.05) is 18.8 Å². The van der Waals surface area contributed by atoms with Gasteiger partial charge in [-0.25, -0.2) is 4.68 Å². The second kappa shape index (κ2) is 5.77. The zero-order chi connectivity index (χ0) is 12.1. The summed E-state index contributed by atoms with van der Waals surface area (Å²) in [7, 11) is 0. The van der Waals surface area contributed by atoms with Gasteiger partial charge in [0.25, 0.3) is 0 Å². The van der Waals surface area contributed by atoms with Crippen LogP contribution in [-0.4, -0.2) is 51.5 Å². The molecule has 6 nitrogen and oxygen atoms in total. The Bertz CT molecular complexity index is 345. The van der Waals surface area contributed by atoms with Gasteiger partial charge in [-0.2, -0.15) is 0 Å². The zero-order valence-corrected chi connectivity index (χ0v) is 10.2. The number of carbonyl (C=O) groups is 1. The van der Waals surface area contributed by atoms with E-state index in [0.717, 1.165) is 32.5 Å². The molecule has 1 fully saturated rings. The van der Waals surface area contributed by atoms with Crippen molar-refractivity contribution < 1.29 is 4.79 Å². The molecule has 94 valence electrons. The van der Waals surface area contributed by atoms with Crippen molar-refractivity contribution >= 4 is 5.91 Å². The summed E-state index contributed by atoms with van der Waals surface area (Å²) >= 11 is 0. The fourth-order valence-corrected chi connectivity index (χ4v) is 2.30. The standard InChI is InChI=1S/C11H19N5O/c1-2-16(10-3-5-12-6-4-10)11(17)9-15-8-7-13-14-15/h7-8,10,12H,2-6,9H2,1H3. The van der Waals surface area contributed by atoms with Gasteiger partial charge in [-0.05, 0) is 32.9 Å². The maximum absolute atomic E-state index is 12.2. The van der Waals surface area contributed by atoms with Crippen LogP contribution in [0.2, 0.25) is 0 Å². The molecule has 6 heteroatoms. The van der Waals surface area contributed by atoms with Gasteiger partial charge in [-0.1, -0.05) is 5.21 Å². The number of likely N-dealkylation sites (N-methyl/N-ethyl adjacent to an activating group) is 1. The smallest absolute Gasteiger partial charge is 0.244 e. The van der Waals surface area contributed by atoms with Crippen LogP contribution in [0.5, 0.6) is 0 Å². The molecule has 17 heavy (non-hydrogen) atoms. The topological polar surface area (TPSA) is 63.1 Å². The highest BCUT2D eigenvalue weighted by molar-refractivity contribution is 5.76. The fourth-order valence-electron chi connectivity index (χ4n) is 2.30. The van der Waals surface area contributed by atoms with E-state index in [9.17, 15) is 4.79 Å². The molecule has 0 aromatic carbocycles. The van der Waals surface area contributed by atoms with Gasteiger partial charge in [-0.3, -0.25) is 4.79 Å². The van der Waals surface area contributed by atoms with Crippen molar-refractivity contribution in [1.29, 1.82) is 0 Å². The van der Waals surface area contributed by atoms with Crippen molar-refractivity contribution in [1.82, 2.24) is 25.2 Å². The molecule has 2 rings (SSSR count). The molecule has 1 saturated heterocycles. The fraction of sp³-hybridized carbons (Fsp3) is 0.727. The van der Waals surface area contributed by atoms with Crippen molar-refractivity contribution in [3.8, 4) is 0 Å². The van der Waals surface area contributed by atoms with Gasteiger partial charge in [0.05, 0.1) is 6.20 Å². The summed E-state index contributed by atoms with van der Waals surface area (Å²) in [5.74, 6) is 0.130. The normalized spacial score (nSPS) is 17.0. The van der Waals surface area contributed by atoms with Crippen LogP contribution in [0.3, 0.4) is 0 Å². The lowest BCUT2D eigenvalue weighted by atomic mass is 10.0. The molecule has 0 bridgehead atoms. The summed E-state index contributed by atoms with van der Waals surface area (Å²) in [4.78, 5) is 14.1. The summed E-state index contributed by atoms with van der Waals surface area (Å²) in [5.41, 5.74) is 0. The average Bonchev–Trinajstić information content (AvgIpc) is 2.84. The van der Waals surface area contributed by atoms with Crippen LogP contribution in [-0.2, 0) is 11.3 Å². The highest BCUT2D eigenvalue weighted by atomic mass is 16.2. The van der Waals surface area contributed by atoms with Crippen molar-refractivity contribution in [3.63, 3.8) is 0 Å². The number of aromatic nitrogens is 3. The first-order valence-corrected chi connectivity index (χ1v) is 6.15. The third-order valence-corrected chi connectivity index (χ3v) is 3.18. The Labute approximate surface area is 101 Å². The Morgan fingerprint density at radius 1 is 1.53 bits per heavy atom. The first-order chi connectivity index (χ1) is 8.31. The van der Waals surface area contributed by atoms with Crippen molar-refractivity contribution in [2.45, 2.75) is 32.4 Å². The van der Waals surface area contributed by atoms with E-state index < -0.39 is 0 Å². The van der Waals surface area contributed by atoms with Crippen LogP contribution >= 0.6 is 0 Å². The molecule has 0 atom stereocenters. The lowest BCUT2D eigenvalue weighted by Gasteiger charge is -2.33. The first-order valence-electron chi connectivity index (χ1n) is 6.15. The first kappa shape index (κ1) is 12.0. The molecule has 1 aromatic heterocycles. The molecule has 1 aromatic rings. The van der Waals surface area contributed by atoms with E-state index in [4.69, 9.17) is 0 Å². The molecule has 0 radical (unpaired) electrons. The second-order valence-electron chi connectivity index (χ2n) is 4.26. The lowest BCUT2D eigenvalue weighted by molar-refractivity contribution is -0.134. The average molecular weight is 237 g/mol. The van der Waals surface area contributed by atoms with E-state index in [1.54, 1.807) is 17.1 Å². The van der Waals surface area contributed by atoms with Crippen molar-refractivity contribution in [2.75, 3.05) is 19.6 Å². The lowest BCUT2D eigenvalue weighted by Crippen LogP contribution is -2.47. The molecule has 1 aliphatic heterocycles. The molecule has 0 saturated carbocycles. The van der Waals surface area contributed by atoms with Gasteiger partial charge in [-0.15, -0.1) is 5.10 Å². The Hall–Kier alpha value is -1.43. The van der Waals surface area contributed by atoms with E-state index in [1.807, 2.05) is 11.8 Å². The number of nitrogens with zero attached hydrogens (tertiary/aromatic N) is 4. The monoisotopic (exact) mass is 237 g/mol. The van der Waals surface area contributed by atoms with Gasteiger partial charge in [0.15, 0.2) is 0 Å². The van der Waals surface area contributed by atoms with E-state index in [-0.39, 0.29) is 12.5 Å². The zero-order valence-electron chi connectivity index (χ0n) is 10.2. The molecule has 0 spiro atoms. The SMILES string of the molecule is CCN(C(=O)Cn1ccnn1)C1CCNCC1. The molecular formula is C11H19N5O. The minimum absolute atomic E-state index is 0.130. The summed E-state index contributed by atoms with van der Waals surface area (Å²) < 4.78 is 1.58. The highest BCUT2D eigenvalue weighted by Crippen LogP contribution is 2.12. The Morgan fingerprint density at radius 3 is 2.88 bits per heavy atom. The van der Waals surface area contributed by atoms with Crippen LogP contribution < -0.4 is 5.32 Å². The number of piperidine rings is 1. The molecule has 0 unspecified atom stereocenters. The molecule has 2 heterocycles. The molecule has 1 N–H and O–H groups in total. The number of hydrogen-bond donors (Lipinski definition) is 1. The highest BCUT2D eigenvalue weighted by Gasteiger charge is 2.23. The van der Waals surface area contributed by atoms with Crippen LogP contribution in [0, 0.1) is 0 Å². The molecule has 0 aliphatic carbocycles.